The first-order valence-electron chi connectivity index (χ1n) is 12.9. The van der Waals surface area contributed by atoms with Crippen LogP contribution in [0.15, 0.2) is 66.0 Å². The third-order valence-electron chi connectivity index (χ3n) is 7.11. The number of nitrogens with zero attached hydrogens (tertiary/aromatic N) is 5. The molecule has 0 bridgehead atoms. The van der Waals surface area contributed by atoms with Gasteiger partial charge in [-0.05, 0) is 87.8 Å². The Labute approximate surface area is 228 Å². The zero-order valence-electron chi connectivity index (χ0n) is 22.3. The molecule has 0 unspecified atom stereocenters. The maximum absolute atomic E-state index is 12.7. The summed E-state index contributed by atoms with van der Waals surface area (Å²) in [6.07, 6.45) is 7.24. The van der Waals surface area contributed by atoms with Gasteiger partial charge in [-0.25, -0.2) is 23.1 Å². The van der Waals surface area contributed by atoms with E-state index in [9.17, 15) is 8.42 Å². The molecule has 2 aromatic heterocycles. The van der Waals surface area contributed by atoms with Gasteiger partial charge in [0.05, 0.1) is 35.2 Å². The molecular formula is C28H33N7O3S. The molecule has 0 radical (unpaired) electrons. The molecule has 0 amide bonds. The second-order valence-corrected chi connectivity index (χ2v) is 11.7. The lowest BCUT2D eigenvalue weighted by molar-refractivity contribution is 0.212. The fraction of sp³-hybridized carbons (Fsp3) is 0.321. The molecule has 204 valence electrons. The van der Waals surface area contributed by atoms with Crippen LogP contribution in [0, 0.1) is 13.8 Å². The molecular weight excluding hydrogens is 514 g/mol. The number of nitrogens with two attached hydrogens (primary N) is 1. The molecule has 1 saturated heterocycles. The van der Waals surface area contributed by atoms with Crippen molar-refractivity contribution in [2.24, 2.45) is 0 Å². The Bertz CT molecular complexity index is 1540. The van der Waals surface area contributed by atoms with E-state index in [-0.39, 0.29) is 23.1 Å². The Hall–Kier alpha value is -3.80. The van der Waals surface area contributed by atoms with E-state index in [1.807, 2.05) is 36.9 Å². The number of benzene rings is 2. The number of ether oxygens (including phenoxy) is 1. The van der Waals surface area contributed by atoms with Gasteiger partial charge in [0.1, 0.15) is 0 Å². The van der Waals surface area contributed by atoms with E-state index in [1.54, 1.807) is 42.7 Å². The van der Waals surface area contributed by atoms with Gasteiger partial charge < -0.3 is 15.4 Å². The third-order valence-corrected chi connectivity index (χ3v) is 8.52. The number of nitrogen functional groups attached to an aromatic ring is 1. The second kappa shape index (κ2) is 11.1. The highest BCUT2D eigenvalue weighted by atomic mass is 32.2. The highest BCUT2D eigenvalue weighted by Gasteiger charge is 2.20. The van der Waals surface area contributed by atoms with Crippen LogP contribution in [-0.2, 0) is 16.6 Å². The molecule has 5 rings (SSSR count). The van der Waals surface area contributed by atoms with E-state index in [1.165, 1.54) is 0 Å². The Morgan fingerprint density at radius 1 is 1.08 bits per heavy atom. The van der Waals surface area contributed by atoms with Crippen LogP contribution in [0.4, 0.5) is 5.82 Å². The fourth-order valence-electron chi connectivity index (χ4n) is 4.81. The summed E-state index contributed by atoms with van der Waals surface area (Å²) in [4.78, 5) is 11.5. The SMILES string of the molecule is Cc1cc(-c2cnc(N)c(Oc3cnn(C4CCN(C)CC4)c3)n2)cc(C)c1CNS(=O)(=O)c1ccccc1. The smallest absolute Gasteiger partial charge is 0.263 e. The number of hydrogen-bond donors (Lipinski definition) is 2. The van der Waals surface area contributed by atoms with E-state index >= 15 is 0 Å². The standard InChI is InChI=1S/C28H33N7O3S/c1-19-13-21(14-20(2)25(19)16-32-39(36,37)24-7-5-4-6-8-24)26-17-30-27(29)28(33-26)38-23-15-31-35(18-23)22-9-11-34(3)12-10-22/h4-8,13-15,17-18,22,32H,9-12,16H2,1-3H3,(H2,29,30). The maximum atomic E-state index is 12.7. The van der Waals surface area contributed by atoms with Gasteiger partial charge >= 0.3 is 0 Å². The summed E-state index contributed by atoms with van der Waals surface area (Å²) in [5.74, 6) is 0.956. The number of anilines is 1. The molecule has 3 heterocycles. The van der Waals surface area contributed by atoms with Crippen molar-refractivity contribution in [3.05, 3.63) is 77.7 Å². The Morgan fingerprint density at radius 3 is 2.46 bits per heavy atom. The van der Waals surface area contributed by atoms with Crippen molar-refractivity contribution in [1.82, 2.24) is 29.4 Å². The van der Waals surface area contributed by atoms with E-state index in [0.29, 0.717) is 17.5 Å². The summed E-state index contributed by atoms with van der Waals surface area (Å²) in [7, 11) is -1.48. The lowest BCUT2D eigenvalue weighted by Gasteiger charge is -2.28. The normalized spacial score (nSPS) is 14.9. The topological polar surface area (TPSA) is 128 Å². The van der Waals surface area contributed by atoms with Crippen molar-refractivity contribution < 1.29 is 13.2 Å². The van der Waals surface area contributed by atoms with Crippen LogP contribution in [0.2, 0.25) is 0 Å². The first-order valence-corrected chi connectivity index (χ1v) is 14.4. The molecule has 0 spiro atoms. The monoisotopic (exact) mass is 547 g/mol. The third kappa shape index (κ3) is 6.11. The minimum atomic E-state index is -3.61. The van der Waals surface area contributed by atoms with E-state index < -0.39 is 10.0 Å². The summed E-state index contributed by atoms with van der Waals surface area (Å²) in [6.45, 7) is 6.15. The summed E-state index contributed by atoms with van der Waals surface area (Å²) in [6, 6.07) is 12.6. The highest BCUT2D eigenvalue weighted by molar-refractivity contribution is 7.89. The predicted octanol–water partition coefficient (Wildman–Crippen LogP) is 4.08. The van der Waals surface area contributed by atoms with Gasteiger partial charge in [-0.2, -0.15) is 5.10 Å². The summed E-state index contributed by atoms with van der Waals surface area (Å²) >= 11 is 0. The largest absolute Gasteiger partial charge is 0.433 e. The predicted molar refractivity (Wildman–Crippen MR) is 150 cm³/mol. The molecule has 1 aliphatic rings. The number of rotatable bonds is 8. The van der Waals surface area contributed by atoms with Crippen LogP contribution in [0.5, 0.6) is 11.6 Å². The minimum Gasteiger partial charge on any atom is -0.433 e. The van der Waals surface area contributed by atoms with E-state index in [4.69, 9.17) is 10.5 Å². The first-order chi connectivity index (χ1) is 18.7. The number of sulfonamides is 1. The molecule has 4 aromatic rings. The van der Waals surface area contributed by atoms with Crippen LogP contribution < -0.4 is 15.2 Å². The van der Waals surface area contributed by atoms with Gasteiger partial charge in [-0.15, -0.1) is 0 Å². The van der Waals surface area contributed by atoms with Crippen molar-refractivity contribution in [2.45, 2.75) is 44.2 Å². The van der Waals surface area contributed by atoms with Crippen molar-refractivity contribution >= 4 is 15.8 Å². The highest BCUT2D eigenvalue weighted by Crippen LogP contribution is 2.30. The number of hydrogen-bond acceptors (Lipinski definition) is 8. The average molecular weight is 548 g/mol. The maximum Gasteiger partial charge on any atom is 0.263 e. The molecule has 39 heavy (non-hydrogen) atoms. The molecule has 3 N–H and O–H groups in total. The first kappa shape index (κ1) is 26.8. The molecule has 1 fully saturated rings. The average Bonchev–Trinajstić information content (AvgIpc) is 3.39. The number of piperidine rings is 1. The van der Waals surface area contributed by atoms with Gasteiger partial charge in [0, 0.05) is 12.1 Å². The molecule has 0 aliphatic carbocycles. The van der Waals surface area contributed by atoms with Gasteiger partial charge in [0.15, 0.2) is 11.6 Å². The van der Waals surface area contributed by atoms with E-state index in [0.717, 1.165) is 48.2 Å². The van der Waals surface area contributed by atoms with Crippen LogP contribution in [0.25, 0.3) is 11.3 Å². The van der Waals surface area contributed by atoms with Crippen LogP contribution in [0.1, 0.15) is 35.6 Å². The lowest BCUT2D eigenvalue weighted by atomic mass is 9.98. The van der Waals surface area contributed by atoms with Gasteiger partial charge in [-0.3, -0.25) is 4.68 Å². The summed E-state index contributed by atoms with van der Waals surface area (Å²) in [5.41, 5.74) is 10.3. The zero-order chi connectivity index (χ0) is 27.6. The second-order valence-electron chi connectivity index (χ2n) is 9.96. The molecule has 2 aromatic carbocycles. The fourth-order valence-corrected chi connectivity index (χ4v) is 5.83. The van der Waals surface area contributed by atoms with Crippen LogP contribution in [0.3, 0.4) is 0 Å². The summed E-state index contributed by atoms with van der Waals surface area (Å²) < 4.78 is 36.0. The quantitative estimate of drug-likeness (QED) is 0.338. The Kier molecular flexibility index (Phi) is 7.65. The van der Waals surface area contributed by atoms with E-state index in [2.05, 4.69) is 31.7 Å². The number of nitrogens with one attached hydrogen (secondary N) is 1. The van der Waals surface area contributed by atoms with Crippen molar-refractivity contribution in [1.29, 1.82) is 0 Å². The molecule has 10 nitrogen and oxygen atoms in total. The Morgan fingerprint density at radius 2 is 1.77 bits per heavy atom. The number of aromatic nitrogens is 4. The number of aryl methyl sites for hydroxylation is 2. The number of likely N-dealkylation sites (tertiary alicyclic amines) is 1. The Balaban J connectivity index is 1.32. The van der Waals surface area contributed by atoms with Crippen molar-refractivity contribution in [3.63, 3.8) is 0 Å². The molecule has 0 atom stereocenters. The molecule has 11 heteroatoms. The lowest BCUT2D eigenvalue weighted by Crippen LogP contribution is -2.31. The van der Waals surface area contributed by atoms with Gasteiger partial charge in [-0.1, -0.05) is 18.2 Å². The van der Waals surface area contributed by atoms with Gasteiger partial charge in [0.2, 0.25) is 10.0 Å². The van der Waals surface area contributed by atoms with Gasteiger partial charge in [0.25, 0.3) is 5.88 Å². The van der Waals surface area contributed by atoms with Crippen LogP contribution in [-0.4, -0.2) is 53.2 Å². The molecule has 0 saturated carbocycles. The minimum absolute atomic E-state index is 0.179. The zero-order valence-corrected chi connectivity index (χ0v) is 23.1. The van der Waals surface area contributed by atoms with Crippen LogP contribution >= 0.6 is 0 Å². The summed E-state index contributed by atoms with van der Waals surface area (Å²) in [5, 5.41) is 4.49. The van der Waals surface area contributed by atoms with Crippen molar-refractivity contribution in [2.75, 3.05) is 25.9 Å². The molecule has 1 aliphatic heterocycles. The van der Waals surface area contributed by atoms with Crippen molar-refractivity contribution in [3.8, 4) is 22.9 Å².